The summed E-state index contributed by atoms with van der Waals surface area (Å²) in [6, 6.07) is 0.168. The predicted molar refractivity (Wildman–Crippen MR) is 75.0 cm³/mol. The van der Waals surface area contributed by atoms with E-state index < -0.39 is 0 Å². The van der Waals surface area contributed by atoms with Crippen molar-refractivity contribution in [3.05, 3.63) is 11.6 Å². The number of methoxy groups -OCH3 is 1. The molecule has 112 valence electrons. The number of ether oxygens (including phenoxy) is 1. The highest BCUT2D eigenvalue weighted by Gasteiger charge is 2.30. The number of esters is 1. The molecule has 0 bridgehead atoms. The molecule has 0 spiro atoms. The fourth-order valence-corrected chi connectivity index (χ4v) is 2.81. The lowest BCUT2D eigenvalue weighted by Crippen LogP contribution is -2.40. The Morgan fingerprint density at radius 2 is 2.10 bits per heavy atom. The number of carbonyl (C=O) groups excluding carboxylic acids is 1. The second-order valence-corrected chi connectivity index (χ2v) is 5.48. The molecule has 1 saturated carbocycles. The van der Waals surface area contributed by atoms with Gasteiger partial charge in [-0.25, -0.2) is 0 Å². The minimum Gasteiger partial charge on any atom is -0.469 e. The largest absolute Gasteiger partial charge is 0.469 e. The van der Waals surface area contributed by atoms with Gasteiger partial charge in [0.25, 0.3) is 0 Å². The van der Waals surface area contributed by atoms with E-state index in [4.69, 9.17) is 4.74 Å². The summed E-state index contributed by atoms with van der Waals surface area (Å²) in [6.07, 6.45) is 5.36. The van der Waals surface area contributed by atoms with Gasteiger partial charge in [0.2, 0.25) is 0 Å². The van der Waals surface area contributed by atoms with E-state index in [0.29, 0.717) is 6.54 Å². The zero-order valence-corrected chi connectivity index (χ0v) is 12.6. The van der Waals surface area contributed by atoms with Crippen LogP contribution in [0.25, 0.3) is 0 Å². The molecule has 20 heavy (non-hydrogen) atoms. The Morgan fingerprint density at radius 1 is 1.35 bits per heavy atom. The van der Waals surface area contributed by atoms with Gasteiger partial charge in [-0.15, -0.1) is 10.2 Å². The van der Waals surface area contributed by atoms with Crippen LogP contribution in [0.5, 0.6) is 0 Å². The van der Waals surface area contributed by atoms with Gasteiger partial charge in [-0.1, -0.05) is 19.3 Å². The molecule has 2 rings (SSSR count). The van der Waals surface area contributed by atoms with Gasteiger partial charge in [-0.3, -0.25) is 4.79 Å². The van der Waals surface area contributed by atoms with E-state index in [1.807, 2.05) is 18.5 Å². The summed E-state index contributed by atoms with van der Waals surface area (Å²) in [4.78, 5) is 11.9. The predicted octanol–water partition coefficient (Wildman–Crippen LogP) is 1.34. The summed E-state index contributed by atoms with van der Waals surface area (Å²) in [6.45, 7) is 2.56. The maximum atomic E-state index is 11.9. The van der Waals surface area contributed by atoms with E-state index >= 15 is 0 Å². The van der Waals surface area contributed by atoms with E-state index in [1.165, 1.54) is 13.5 Å². The summed E-state index contributed by atoms with van der Waals surface area (Å²) in [7, 11) is 3.42. The van der Waals surface area contributed by atoms with Crippen molar-refractivity contribution in [1.29, 1.82) is 0 Å². The minimum atomic E-state index is -0.0986. The smallest absolute Gasteiger partial charge is 0.310 e. The molecule has 0 aliphatic heterocycles. The second kappa shape index (κ2) is 6.83. The number of carbonyl (C=O) groups is 1. The van der Waals surface area contributed by atoms with Gasteiger partial charge in [-0.2, -0.15) is 0 Å². The second-order valence-electron chi connectivity index (χ2n) is 5.48. The molecule has 0 aromatic carbocycles. The van der Waals surface area contributed by atoms with Crippen LogP contribution in [0.15, 0.2) is 0 Å². The summed E-state index contributed by atoms with van der Waals surface area (Å²) in [5.74, 6) is 1.65. The zero-order valence-electron chi connectivity index (χ0n) is 12.6. The summed E-state index contributed by atoms with van der Waals surface area (Å²) < 4.78 is 6.91. The molecule has 1 N–H and O–H groups in total. The number of hydrogen-bond acceptors (Lipinski definition) is 5. The van der Waals surface area contributed by atoms with Crippen LogP contribution in [-0.2, 0) is 23.1 Å². The molecule has 1 aliphatic carbocycles. The minimum absolute atomic E-state index is 0.0446. The third-order valence-electron chi connectivity index (χ3n) is 4.22. The first-order chi connectivity index (χ1) is 9.63. The fourth-order valence-electron chi connectivity index (χ4n) is 2.81. The number of nitrogens with one attached hydrogen (secondary N) is 1. The van der Waals surface area contributed by atoms with Crippen LogP contribution < -0.4 is 5.32 Å². The average Bonchev–Trinajstić information content (AvgIpc) is 2.68. The molecular formula is C14H24N4O2. The van der Waals surface area contributed by atoms with E-state index in [-0.39, 0.29) is 17.9 Å². The lowest BCUT2D eigenvalue weighted by molar-refractivity contribution is -0.146. The number of hydrogen-bond donors (Lipinski definition) is 1. The molecule has 1 aromatic heterocycles. The summed E-state index contributed by atoms with van der Waals surface area (Å²) in [5.41, 5.74) is 0. The van der Waals surface area contributed by atoms with Crippen LogP contribution in [0, 0.1) is 12.8 Å². The van der Waals surface area contributed by atoms with Crippen molar-refractivity contribution >= 4 is 5.97 Å². The number of rotatable bonds is 4. The highest BCUT2D eigenvalue weighted by atomic mass is 16.5. The van der Waals surface area contributed by atoms with E-state index in [1.54, 1.807) is 0 Å². The first kappa shape index (κ1) is 15.0. The molecule has 0 radical (unpaired) electrons. The summed E-state index contributed by atoms with van der Waals surface area (Å²) >= 11 is 0. The SMILES string of the molecule is COC(=O)[C@H]1CCCCC[C@@H]1NCc1nnc(C)n1C. The maximum absolute atomic E-state index is 11.9. The van der Waals surface area contributed by atoms with Crippen molar-refractivity contribution in [1.82, 2.24) is 20.1 Å². The molecule has 0 saturated heterocycles. The molecule has 0 amide bonds. The maximum Gasteiger partial charge on any atom is 0.310 e. The molecule has 6 nitrogen and oxygen atoms in total. The van der Waals surface area contributed by atoms with Crippen molar-refractivity contribution in [3.8, 4) is 0 Å². The van der Waals surface area contributed by atoms with Gasteiger partial charge in [-0.05, 0) is 19.8 Å². The van der Waals surface area contributed by atoms with Crippen LogP contribution >= 0.6 is 0 Å². The van der Waals surface area contributed by atoms with Crippen LogP contribution in [0.2, 0.25) is 0 Å². The number of nitrogens with zero attached hydrogens (tertiary/aromatic N) is 3. The van der Waals surface area contributed by atoms with Gasteiger partial charge < -0.3 is 14.6 Å². The molecule has 1 aromatic rings. The Balaban J connectivity index is 2.00. The van der Waals surface area contributed by atoms with Crippen molar-refractivity contribution in [3.63, 3.8) is 0 Å². The average molecular weight is 280 g/mol. The van der Waals surface area contributed by atoms with Gasteiger partial charge in [0.15, 0.2) is 0 Å². The van der Waals surface area contributed by atoms with Gasteiger partial charge in [0, 0.05) is 13.1 Å². The third-order valence-corrected chi connectivity index (χ3v) is 4.22. The molecule has 1 fully saturated rings. The standard InChI is InChI=1S/C14H24N4O2/c1-10-16-17-13(18(10)2)9-15-12-8-6-4-5-7-11(12)14(19)20-3/h11-12,15H,4-9H2,1-3H3/t11-,12-/m0/s1. The molecular weight excluding hydrogens is 256 g/mol. The van der Waals surface area contributed by atoms with E-state index in [2.05, 4.69) is 15.5 Å². The van der Waals surface area contributed by atoms with Crippen LogP contribution in [0.4, 0.5) is 0 Å². The normalized spacial score (nSPS) is 23.4. The van der Waals surface area contributed by atoms with Crippen molar-refractivity contribution < 1.29 is 9.53 Å². The Kier molecular flexibility index (Phi) is 5.11. The third kappa shape index (κ3) is 3.36. The van der Waals surface area contributed by atoms with Crippen LogP contribution in [0.3, 0.4) is 0 Å². The summed E-state index contributed by atoms with van der Waals surface area (Å²) in [5, 5.41) is 11.7. The topological polar surface area (TPSA) is 69.0 Å². The van der Waals surface area contributed by atoms with Crippen molar-refractivity contribution in [2.24, 2.45) is 13.0 Å². The molecule has 1 heterocycles. The molecule has 1 aliphatic rings. The Bertz CT molecular complexity index is 458. The Hall–Kier alpha value is -1.43. The van der Waals surface area contributed by atoms with Crippen LogP contribution in [0.1, 0.15) is 43.8 Å². The first-order valence-corrected chi connectivity index (χ1v) is 7.29. The van der Waals surface area contributed by atoms with Gasteiger partial charge in [0.05, 0.1) is 19.6 Å². The van der Waals surface area contributed by atoms with Gasteiger partial charge >= 0.3 is 5.97 Å². The van der Waals surface area contributed by atoms with Gasteiger partial charge in [0.1, 0.15) is 11.6 Å². The number of aryl methyl sites for hydroxylation is 1. The lowest BCUT2D eigenvalue weighted by Gasteiger charge is -2.24. The monoisotopic (exact) mass is 280 g/mol. The van der Waals surface area contributed by atoms with Crippen molar-refractivity contribution in [2.75, 3.05) is 7.11 Å². The zero-order chi connectivity index (χ0) is 14.5. The molecule has 0 unspecified atom stereocenters. The first-order valence-electron chi connectivity index (χ1n) is 7.29. The van der Waals surface area contributed by atoms with Crippen molar-refractivity contribution in [2.45, 2.75) is 51.6 Å². The van der Waals surface area contributed by atoms with E-state index in [0.717, 1.165) is 37.3 Å². The Labute approximate surface area is 119 Å². The number of aromatic nitrogens is 3. The highest BCUT2D eigenvalue weighted by molar-refractivity contribution is 5.73. The van der Waals surface area contributed by atoms with Crippen LogP contribution in [-0.4, -0.2) is 33.9 Å². The lowest BCUT2D eigenvalue weighted by atomic mass is 9.95. The molecule has 2 atom stereocenters. The fraction of sp³-hybridized carbons (Fsp3) is 0.786. The Morgan fingerprint density at radius 3 is 2.75 bits per heavy atom. The highest BCUT2D eigenvalue weighted by Crippen LogP contribution is 2.24. The quantitative estimate of drug-likeness (QED) is 0.665. The van der Waals surface area contributed by atoms with E-state index in [9.17, 15) is 4.79 Å². The molecule has 6 heteroatoms.